The molecule has 0 aliphatic heterocycles. The first-order valence-corrected chi connectivity index (χ1v) is 5.77. The highest BCUT2D eigenvalue weighted by Crippen LogP contribution is 2.28. The van der Waals surface area contributed by atoms with Crippen LogP contribution >= 0.6 is 23.2 Å². The minimum Gasteiger partial charge on any atom is -0.373 e. The van der Waals surface area contributed by atoms with E-state index in [4.69, 9.17) is 28.9 Å². The number of nitrogens with zero attached hydrogens (tertiary/aromatic N) is 1. The van der Waals surface area contributed by atoms with E-state index >= 15 is 0 Å². The maximum atomic E-state index is 6.08. The summed E-state index contributed by atoms with van der Waals surface area (Å²) in [5.41, 5.74) is 6.42. The maximum absolute atomic E-state index is 6.08. The Labute approximate surface area is 101 Å². The molecule has 0 bridgehead atoms. The molecule has 0 saturated carbocycles. The van der Waals surface area contributed by atoms with Crippen LogP contribution in [0.2, 0.25) is 10.0 Å². The lowest BCUT2D eigenvalue weighted by atomic mass is 10.2. The highest BCUT2D eigenvalue weighted by atomic mass is 35.5. The minimum atomic E-state index is 0.708. The first-order chi connectivity index (χ1) is 7.15. The first-order valence-electron chi connectivity index (χ1n) is 5.01. The van der Waals surface area contributed by atoms with Crippen molar-refractivity contribution in [1.82, 2.24) is 0 Å². The van der Waals surface area contributed by atoms with Gasteiger partial charge in [0.25, 0.3) is 0 Å². The number of rotatable bonds is 5. The van der Waals surface area contributed by atoms with Gasteiger partial charge in [-0.2, -0.15) is 0 Å². The van der Waals surface area contributed by atoms with Crippen molar-refractivity contribution < 1.29 is 0 Å². The third kappa shape index (κ3) is 3.90. The molecular formula is C11H16Cl2N2. The van der Waals surface area contributed by atoms with Gasteiger partial charge in [0.2, 0.25) is 0 Å². The summed E-state index contributed by atoms with van der Waals surface area (Å²) < 4.78 is 0. The fourth-order valence-electron chi connectivity index (χ4n) is 1.39. The Morgan fingerprint density at radius 1 is 1.27 bits per heavy atom. The number of benzene rings is 1. The third-order valence-corrected chi connectivity index (χ3v) is 2.82. The lowest BCUT2D eigenvalue weighted by Gasteiger charge is -2.20. The van der Waals surface area contributed by atoms with Gasteiger partial charge in [-0.1, -0.05) is 23.2 Å². The lowest BCUT2D eigenvalue weighted by Crippen LogP contribution is -2.19. The van der Waals surface area contributed by atoms with E-state index in [2.05, 4.69) is 4.90 Å². The molecule has 0 spiro atoms. The Balaban J connectivity index is 2.64. The van der Waals surface area contributed by atoms with Crippen molar-refractivity contribution in [2.75, 3.05) is 25.0 Å². The summed E-state index contributed by atoms with van der Waals surface area (Å²) in [5.74, 6) is 0. The third-order valence-electron chi connectivity index (χ3n) is 2.27. The Morgan fingerprint density at radius 3 is 2.67 bits per heavy atom. The van der Waals surface area contributed by atoms with Crippen molar-refractivity contribution in [3.63, 3.8) is 0 Å². The zero-order chi connectivity index (χ0) is 11.3. The van der Waals surface area contributed by atoms with Crippen LogP contribution in [0.25, 0.3) is 0 Å². The van der Waals surface area contributed by atoms with E-state index in [0.29, 0.717) is 5.02 Å². The number of unbranched alkanes of at least 4 members (excludes halogenated alkanes) is 1. The van der Waals surface area contributed by atoms with Gasteiger partial charge in [0.1, 0.15) is 0 Å². The van der Waals surface area contributed by atoms with Crippen molar-refractivity contribution in [2.24, 2.45) is 5.73 Å². The van der Waals surface area contributed by atoms with Crippen LogP contribution in [0.3, 0.4) is 0 Å². The summed E-state index contributed by atoms with van der Waals surface area (Å²) in [5, 5.41) is 1.44. The van der Waals surface area contributed by atoms with Crippen LogP contribution in [0.5, 0.6) is 0 Å². The largest absolute Gasteiger partial charge is 0.373 e. The summed E-state index contributed by atoms with van der Waals surface area (Å²) >= 11 is 12.0. The van der Waals surface area contributed by atoms with Crippen molar-refractivity contribution >= 4 is 28.9 Å². The molecule has 0 fully saturated rings. The molecule has 0 aliphatic rings. The molecular weight excluding hydrogens is 231 g/mol. The second-order valence-electron chi connectivity index (χ2n) is 3.51. The molecule has 4 heteroatoms. The summed E-state index contributed by atoms with van der Waals surface area (Å²) in [6.07, 6.45) is 2.10. The zero-order valence-electron chi connectivity index (χ0n) is 8.84. The Morgan fingerprint density at radius 2 is 2.00 bits per heavy atom. The average Bonchev–Trinajstić information content (AvgIpc) is 2.22. The van der Waals surface area contributed by atoms with Crippen molar-refractivity contribution in [2.45, 2.75) is 12.8 Å². The average molecular weight is 247 g/mol. The van der Waals surface area contributed by atoms with E-state index in [-0.39, 0.29) is 0 Å². The minimum absolute atomic E-state index is 0.708. The van der Waals surface area contributed by atoms with E-state index in [1.54, 1.807) is 6.07 Å². The number of hydrogen-bond donors (Lipinski definition) is 1. The SMILES string of the molecule is CN(CCCCN)c1cc(Cl)ccc1Cl. The molecule has 2 nitrogen and oxygen atoms in total. The maximum Gasteiger partial charge on any atom is 0.0640 e. The second-order valence-corrected chi connectivity index (χ2v) is 4.36. The van der Waals surface area contributed by atoms with Gasteiger partial charge in [-0.15, -0.1) is 0 Å². The molecule has 0 unspecified atom stereocenters. The van der Waals surface area contributed by atoms with Gasteiger partial charge in [-0.3, -0.25) is 0 Å². The molecule has 0 heterocycles. The van der Waals surface area contributed by atoms with E-state index in [1.807, 2.05) is 19.2 Å². The Bertz CT molecular complexity index is 315. The molecule has 1 aromatic rings. The van der Waals surface area contributed by atoms with Crippen molar-refractivity contribution in [3.05, 3.63) is 28.2 Å². The van der Waals surface area contributed by atoms with Crippen LogP contribution in [-0.2, 0) is 0 Å². The molecule has 2 N–H and O–H groups in total. The van der Waals surface area contributed by atoms with Gasteiger partial charge in [0.15, 0.2) is 0 Å². The molecule has 84 valence electrons. The van der Waals surface area contributed by atoms with Gasteiger partial charge in [0.05, 0.1) is 10.7 Å². The van der Waals surface area contributed by atoms with Crippen molar-refractivity contribution in [1.29, 1.82) is 0 Å². The molecule has 15 heavy (non-hydrogen) atoms. The quantitative estimate of drug-likeness (QED) is 0.810. The van der Waals surface area contributed by atoms with Gasteiger partial charge < -0.3 is 10.6 Å². The molecule has 0 saturated heterocycles. The first kappa shape index (κ1) is 12.6. The van der Waals surface area contributed by atoms with Gasteiger partial charge >= 0.3 is 0 Å². The van der Waals surface area contributed by atoms with Crippen LogP contribution in [0.1, 0.15) is 12.8 Å². The molecule has 0 radical (unpaired) electrons. The number of anilines is 1. The van der Waals surface area contributed by atoms with E-state index in [0.717, 1.165) is 36.6 Å². The Hall–Kier alpha value is -0.440. The highest BCUT2D eigenvalue weighted by molar-refractivity contribution is 6.35. The topological polar surface area (TPSA) is 29.3 Å². The van der Waals surface area contributed by atoms with Gasteiger partial charge in [-0.25, -0.2) is 0 Å². The van der Waals surface area contributed by atoms with E-state index < -0.39 is 0 Å². The fraction of sp³-hybridized carbons (Fsp3) is 0.455. The molecule has 0 amide bonds. The van der Waals surface area contributed by atoms with Crippen molar-refractivity contribution in [3.8, 4) is 0 Å². The van der Waals surface area contributed by atoms with Crippen LogP contribution in [-0.4, -0.2) is 20.1 Å². The monoisotopic (exact) mass is 246 g/mol. The molecule has 1 aromatic carbocycles. The summed E-state index contributed by atoms with van der Waals surface area (Å²) in [4.78, 5) is 2.10. The summed E-state index contributed by atoms with van der Waals surface area (Å²) in [6.45, 7) is 1.67. The van der Waals surface area contributed by atoms with Crippen LogP contribution in [0, 0.1) is 0 Å². The van der Waals surface area contributed by atoms with Gasteiger partial charge in [0, 0.05) is 18.6 Å². The molecule has 0 atom stereocenters. The van der Waals surface area contributed by atoms with Crippen LogP contribution < -0.4 is 10.6 Å². The van der Waals surface area contributed by atoms with Crippen LogP contribution in [0.15, 0.2) is 18.2 Å². The molecule has 1 rings (SSSR count). The highest BCUT2D eigenvalue weighted by Gasteiger charge is 2.06. The standard InChI is InChI=1S/C11H16Cl2N2/c1-15(7-3-2-6-14)11-8-9(12)4-5-10(11)13/h4-5,8H,2-3,6-7,14H2,1H3. The number of nitrogens with two attached hydrogens (primary N) is 1. The number of halogens is 2. The second kappa shape index (κ2) is 6.21. The lowest BCUT2D eigenvalue weighted by molar-refractivity contribution is 0.728. The molecule has 0 aromatic heterocycles. The predicted octanol–water partition coefficient (Wildman–Crippen LogP) is 3.17. The van der Waals surface area contributed by atoms with Gasteiger partial charge in [-0.05, 0) is 37.6 Å². The fourth-order valence-corrected chi connectivity index (χ4v) is 1.82. The predicted molar refractivity (Wildman–Crippen MR) is 68.0 cm³/mol. The zero-order valence-corrected chi connectivity index (χ0v) is 10.4. The van der Waals surface area contributed by atoms with E-state index in [1.165, 1.54) is 0 Å². The van der Waals surface area contributed by atoms with Crippen LogP contribution in [0.4, 0.5) is 5.69 Å². The number of hydrogen-bond acceptors (Lipinski definition) is 2. The smallest absolute Gasteiger partial charge is 0.0640 e. The normalized spacial score (nSPS) is 10.4. The van der Waals surface area contributed by atoms with E-state index in [9.17, 15) is 0 Å². The summed E-state index contributed by atoms with van der Waals surface area (Å²) in [6, 6.07) is 5.49. The Kier molecular flexibility index (Phi) is 5.23. The summed E-state index contributed by atoms with van der Waals surface area (Å²) in [7, 11) is 2.01. The molecule has 0 aliphatic carbocycles.